The van der Waals surface area contributed by atoms with Gasteiger partial charge in [0, 0.05) is 5.57 Å². The minimum Gasteiger partial charge on any atom is -0.481 e. The molecule has 0 aromatic heterocycles. The van der Waals surface area contributed by atoms with Gasteiger partial charge in [-0.25, -0.2) is 4.79 Å². The first-order valence-corrected chi connectivity index (χ1v) is 5.96. The molecule has 0 aliphatic rings. The lowest BCUT2D eigenvalue weighted by atomic mass is 9.86. The molecule has 1 aromatic carbocycles. The fourth-order valence-corrected chi connectivity index (χ4v) is 1.63. The average Bonchev–Trinajstić information content (AvgIpc) is 2.27. The van der Waals surface area contributed by atoms with E-state index in [1.807, 2.05) is 12.1 Å². The zero-order valence-corrected chi connectivity index (χ0v) is 11.3. The van der Waals surface area contributed by atoms with Crippen LogP contribution in [0.25, 0.3) is 6.08 Å². The lowest BCUT2D eigenvalue weighted by Crippen LogP contribution is -2.10. The van der Waals surface area contributed by atoms with Gasteiger partial charge in [-0.3, -0.25) is 4.79 Å². The molecule has 2 N–H and O–H groups in total. The van der Waals surface area contributed by atoms with Crippen molar-refractivity contribution in [3.63, 3.8) is 0 Å². The number of hydrogen-bond donors (Lipinski definition) is 2. The van der Waals surface area contributed by atoms with E-state index in [4.69, 9.17) is 10.2 Å². The van der Waals surface area contributed by atoms with E-state index in [0.717, 1.165) is 5.56 Å². The summed E-state index contributed by atoms with van der Waals surface area (Å²) in [6.45, 7) is 6.26. The molecule has 0 spiro atoms. The zero-order valence-electron chi connectivity index (χ0n) is 11.3. The zero-order chi connectivity index (χ0) is 14.6. The first-order valence-electron chi connectivity index (χ1n) is 5.96. The van der Waals surface area contributed by atoms with E-state index >= 15 is 0 Å². The van der Waals surface area contributed by atoms with Crippen molar-refractivity contribution in [1.29, 1.82) is 0 Å². The van der Waals surface area contributed by atoms with Gasteiger partial charge >= 0.3 is 11.9 Å². The van der Waals surface area contributed by atoms with Crippen LogP contribution in [0.2, 0.25) is 0 Å². The number of rotatable bonds is 4. The Morgan fingerprint density at radius 3 is 2.00 bits per heavy atom. The molecule has 0 heterocycles. The van der Waals surface area contributed by atoms with Gasteiger partial charge in [-0.2, -0.15) is 0 Å². The summed E-state index contributed by atoms with van der Waals surface area (Å²) in [4.78, 5) is 21.5. The summed E-state index contributed by atoms with van der Waals surface area (Å²) >= 11 is 0. The van der Waals surface area contributed by atoms with Crippen LogP contribution in [0.1, 0.15) is 38.3 Å². The summed E-state index contributed by atoms with van der Waals surface area (Å²) in [6, 6.07) is 7.44. The topological polar surface area (TPSA) is 74.6 Å². The molecule has 19 heavy (non-hydrogen) atoms. The van der Waals surface area contributed by atoms with Crippen LogP contribution in [-0.4, -0.2) is 22.2 Å². The molecule has 0 saturated heterocycles. The Balaban J connectivity index is 3.03. The van der Waals surface area contributed by atoms with Crippen LogP contribution < -0.4 is 0 Å². The minimum atomic E-state index is -1.21. The highest BCUT2D eigenvalue weighted by molar-refractivity contribution is 5.96. The Labute approximate surface area is 112 Å². The van der Waals surface area contributed by atoms with Crippen LogP contribution in [-0.2, 0) is 15.0 Å². The van der Waals surface area contributed by atoms with Crippen molar-refractivity contribution in [3.8, 4) is 0 Å². The molecular weight excluding hydrogens is 244 g/mol. The van der Waals surface area contributed by atoms with Crippen molar-refractivity contribution in [2.45, 2.75) is 32.6 Å². The quantitative estimate of drug-likeness (QED) is 0.818. The molecule has 1 aromatic rings. The predicted octanol–water partition coefficient (Wildman–Crippen LogP) is 2.93. The number of carboxylic acid groups (broad SMARTS) is 2. The van der Waals surface area contributed by atoms with E-state index in [2.05, 4.69) is 20.8 Å². The van der Waals surface area contributed by atoms with Gasteiger partial charge in [-0.15, -0.1) is 0 Å². The molecule has 0 amide bonds. The molecule has 1 rings (SSSR count). The lowest BCUT2D eigenvalue weighted by Gasteiger charge is -2.18. The lowest BCUT2D eigenvalue weighted by molar-refractivity contribution is -0.139. The van der Waals surface area contributed by atoms with Crippen molar-refractivity contribution in [1.82, 2.24) is 0 Å². The fourth-order valence-electron chi connectivity index (χ4n) is 1.63. The highest BCUT2D eigenvalue weighted by Gasteiger charge is 2.14. The number of benzene rings is 1. The van der Waals surface area contributed by atoms with E-state index in [0.29, 0.717) is 5.56 Å². The monoisotopic (exact) mass is 262 g/mol. The third-order valence-corrected chi connectivity index (χ3v) is 2.73. The molecule has 0 fully saturated rings. The second-order valence-electron chi connectivity index (χ2n) is 5.42. The Hall–Kier alpha value is -2.10. The van der Waals surface area contributed by atoms with Crippen molar-refractivity contribution in [2.75, 3.05) is 0 Å². The number of carbonyl (C=O) groups is 2. The first kappa shape index (κ1) is 15.0. The second-order valence-corrected chi connectivity index (χ2v) is 5.42. The van der Waals surface area contributed by atoms with Crippen molar-refractivity contribution in [2.24, 2.45) is 0 Å². The highest BCUT2D eigenvalue weighted by atomic mass is 16.4. The van der Waals surface area contributed by atoms with Gasteiger partial charge < -0.3 is 10.2 Å². The van der Waals surface area contributed by atoms with Gasteiger partial charge in [0.1, 0.15) is 0 Å². The third-order valence-electron chi connectivity index (χ3n) is 2.73. The maximum atomic E-state index is 10.9. The summed E-state index contributed by atoms with van der Waals surface area (Å²) < 4.78 is 0. The van der Waals surface area contributed by atoms with Crippen molar-refractivity contribution in [3.05, 3.63) is 41.0 Å². The standard InChI is InChI=1S/C15H18O4/c1-15(2,3)12-6-4-10(5-7-12)8-11(14(18)19)9-13(16)17/h4-8H,9H2,1-3H3,(H,16,17)(H,18,19)/b11-8+. The van der Waals surface area contributed by atoms with Crippen LogP contribution in [0, 0.1) is 0 Å². The molecule has 0 atom stereocenters. The molecule has 0 unspecified atom stereocenters. The summed E-state index contributed by atoms with van der Waals surface area (Å²) in [7, 11) is 0. The average molecular weight is 262 g/mol. The Kier molecular flexibility index (Phi) is 4.48. The molecule has 4 heteroatoms. The molecular formula is C15H18O4. The van der Waals surface area contributed by atoms with Gasteiger partial charge in [0.15, 0.2) is 0 Å². The van der Waals surface area contributed by atoms with Crippen LogP contribution in [0.4, 0.5) is 0 Å². The van der Waals surface area contributed by atoms with Gasteiger partial charge in [0.2, 0.25) is 0 Å². The van der Waals surface area contributed by atoms with Gasteiger partial charge in [0.05, 0.1) is 6.42 Å². The predicted molar refractivity (Wildman–Crippen MR) is 73.0 cm³/mol. The largest absolute Gasteiger partial charge is 0.481 e. The minimum absolute atomic E-state index is 0.0267. The number of hydrogen-bond acceptors (Lipinski definition) is 2. The molecule has 4 nitrogen and oxygen atoms in total. The third kappa shape index (κ3) is 4.58. The van der Waals surface area contributed by atoms with Gasteiger partial charge in [-0.1, -0.05) is 45.0 Å². The molecule has 0 saturated carbocycles. The molecule has 0 radical (unpaired) electrons. The van der Waals surface area contributed by atoms with Crippen LogP contribution >= 0.6 is 0 Å². The summed E-state index contributed by atoms with van der Waals surface area (Å²) in [5, 5.41) is 17.6. The second kappa shape index (κ2) is 5.69. The van der Waals surface area contributed by atoms with Crippen molar-refractivity contribution >= 4 is 18.0 Å². The van der Waals surface area contributed by atoms with E-state index in [-0.39, 0.29) is 11.0 Å². The van der Waals surface area contributed by atoms with Gasteiger partial charge in [0.25, 0.3) is 0 Å². The van der Waals surface area contributed by atoms with E-state index in [9.17, 15) is 9.59 Å². The Morgan fingerprint density at radius 2 is 1.63 bits per heavy atom. The molecule has 0 bridgehead atoms. The number of aliphatic carboxylic acids is 2. The fraction of sp³-hybridized carbons (Fsp3) is 0.333. The van der Waals surface area contributed by atoms with Crippen LogP contribution in [0.15, 0.2) is 29.8 Å². The first-order chi connectivity index (χ1) is 8.70. The normalized spacial score (nSPS) is 12.3. The molecule has 0 aliphatic heterocycles. The summed E-state index contributed by atoms with van der Waals surface area (Å²) in [5.74, 6) is -2.36. The smallest absolute Gasteiger partial charge is 0.332 e. The van der Waals surface area contributed by atoms with Crippen LogP contribution in [0.3, 0.4) is 0 Å². The van der Waals surface area contributed by atoms with E-state index in [1.165, 1.54) is 6.08 Å². The van der Waals surface area contributed by atoms with Gasteiger partial charge in [-0.05, 0) is 22.6 Å². The molecule has 102 valence electrons. The SMILES string of the molecule is CC(C)(C)c1ccc(/C=C(\CC(=O)O)C(=O)O)cc1. The molecule has 0 aliphatic carbocycles. The Morgan fingerprint density at radius 1 is 1.11 bits per heavy atom. The van der Waals surface area contributed by atoms with E-state index in [1.54, 1.807) is 12.1 Å². The van der Waals surface area contributed by atoms with E-state index < -0.39 is 18.4 Å². The summed E-state index contributed by atoms with van der Waals surface area (Å²) in [5.41, 5.74) is 1.72. The summed E-state index contributed by atoms with van der Waals surface area (Å²) in [6.07, 6.45) is 0.902. The maximum Gasteiger partial charge on any atom is 0.332 e. The van der Waals surface area contributed by atoms with Crippen molar-refractivity contribution < 1.29 is 19.8 Å². The van der Waals surface area contributed by atoms with Crippen LogP contribution in [0.5, 0.6) is 0 Å². The Bertz CT molecular complexity index is 504. The highest BCUT2D eigenvalue weighted by Crippen LogP contribution is 2.23. The number of carboxylic acids is 2. The maximum absolute atomic E-state index is 10.9.